The zero-order chi connectivity index (χ0) is 13.0. The number of hydrogen-bond acceptors (Lipinski definition) is 3. The van der Waals surface area contributed by atoms with Crippen LogP contribution in [0.2, 0.25) is 18.1 Å². The van der Waals surface area contributed by atoms with Crippen LogP contribution in [-0.4, -0.2) is 38.4 Å². The lowest BCUT2D eigenvalue weighted by atomic mass is 9.88. The van der Waals surface area contributed by atoms with Gasteiger partial charge in [-0.05, 0) is 24.6 Å². The van der Waals surface area contributed by atoms with Crippen molar-refractivity contribution in [1.82, 2.24) is 0 Å². The van der Waals surface area contributed by atoms with Crippen molar-refractivity contribution in [3.63, 3.8) is 0 Å². The molecule has 3 nitrogen and oxygen atoms in total. The van der Waals surface area contributed by atoms with E-state index in [4.69, 9.17) is 4.43 Å². The van der Waals surface area contributed by atoms with Crippen LogP contribution in [0.3, 0.4) is 0 Å². The van der Waals surface area contributed by atoms with Gasteiger partial charge in [0.15, 0.2) is 8.32 Å². The standard InChI is InChI=1S/C12H28O3Si/c1-7-12(8-13,9-14)10-15-16(5,6)11(2,3)4/h13-14H,7-10H2,1-6H3. The van der Waals surface area contributed by atoms with Crippen molar-refractivity contribution in [3.8, 4) is 0 Å². The molecule has 0 radical (unpaired) electrons. The van der Waals surface area contributed by atoms with E-state index in [0.29, 0.717) is 6.61 Å². The summed E-state index contributed by atoms with van der Waals surface area (Å²) in [5.41, 5.74) is -0.477. The van der Waals surface area contributed by atoms with Gasteiger partial charge in [-0.25, -0.2) is 0 Å². The van der Waals surface area contributed by atoms with Gasteiger partial charge in [0.1, 0.15) is 0 Å². The highest BCUT2D eigenvalue weighted by Crippen LogP contribution is 2.37. The topological polar surface area (TPSA) is 49.7 Å². The maximum Gasteiger partial charge on any atom is 0.192 e. The van der Waals surface area contributed by atoms with E-state index in [-0.39, 0.29) is 18.3 Å². The van der Waals surface area contributed by atoms with Crippen molar-refractivity contribution in [1.29, 1.82) is 0 Å². The number of aliphatic hydroxyl groups is 2. The summed E-state index contributed by atoms with van der Waals surface area (Å²) in [5, 5.41) is 18.9. The summed E-state index contributed by atoms with van der Waals surface area (Å²) in [6.07, 6.45) is 0.731. The number of aliphatic hydroxyl groups excluding tert-OH is 2. The van der Waals surface area contributed by atoms with Crippen molar-refractivity contribution in [2.24, 2.45) is 5.41 Å². The van der Waals surface area contributed by atoms with Gasteiger partial charge < -0.3 is 14.6 Å². The Kier molecular flexibility index (Phi) is 5.66. The average molecular weight is 248 g/mol. The summed E-state index contributed by atoms with van der Waals surface area (Å²) < 4.78 is 6.05. The molecule has 2 N–H and O–H groups in total. The zero-order valence-electron chi connectivity index (χ0n) is 11.6. The van der Waals surface area contributed by atoms with E-state index in [2.05, 4.69) is 33.9 Å². The molecule has 98 valence electrons. The van der Waals surface area contributed by atoms with Crippen LogP contribution in [0.4, 0.5) is 0 Å². The molecule has 0 heterocycles. The quantitative estimate of drug-likeness (QED) is 0.710. The molecule has 0 unspecified atom stereocenters. The second kappa shape index (κ2) is 5.62. The Bertz CT molecular complexity index is 195. The Morgan fingerprint density at radius 1 is 1.06 bits per heavy atom. The number of hydrogen-bond donors (Lipinski definition) is 2. The number of rotatable bonds is 6. The van der Waals surface area contributed by atoms with Crippen molar-refractivity contribution in [3.05, 3.63) is 0 Å². The minimum Gasteiger partial charge on any atom is -0.416 e. The first-order valence-corrected chi connectivity index (χ1v) is 8.90. The lowest BCUT2D eigenvalue weighted by Crippen LogP contribution is -2.45. The predicted molar refractivity (Wildman–Crippen MR) is 70.0 cm³/mol. The fourth-order valence-electron chi connectivity index (χ4n) is 1.02. The first-order valence-electron chi connectivity index (χ1n) is 6.00. The maximum absolute atomic E-state index is 9.35. The molecule has 0 aliphatic heterocycles. The van der Waals surface area contributed by atoms with E-state index in [0.717, 1.165) is 6.42 Å². The fourth-order valence-corrected chi connectivity index (χ4v) is 2.12. The van der Waals surface area contributed by atoms with Gasteiger partial charge in [0.25, 0.3) is 0 Å². The lowest BCUT2D eigenvalue weighted by Gasteiger charge is -2.39. The average Bonchev–Trinajstić information content (AvgIpc) is 2.19. The van der Waals surface area contributed by atoms with Crippen LogP contribution in [0, 0.1) is 5.41 Å². The summed E-state index contributed by atoms with van der Waals surface area (Å²) in [5.74, 6) is 0. The highest BCUT2D eigenvalue weighted by molar-refractivity contribution is 6.74. The molecular formula is C12H28O3Si. The first kappa shape index (κ1) is 16.1. The second-order valence-electron chi connectivity index (χ2n) is 6.22. The molecule has 0 spiro atoms. The summed E-state index contributed by atoms with van der Waals surface area (Å²) in [4.78, 5) is 0. The van der Waals surface area contributed by atoms with Crippen LogP contribution in [0.5, 0.6) is 0 Å². The normalized spacial score (nSPS) is 14.2. The highest BCUT2D eigenvalue weighted by atomic mass is 28.4. The second-order valence-corrected chi connectivity index (χ2v) is 11.0. The van der Waals surface area contributed by atoms with E-state index in [1.807, 2.05) is 6.92 Å². The molecule has 0 amide bonds. The minimum absolute atomic E-state index is 0.0192. The van der Waals surface area contributed by atoms with E-state index >= 15 is 0 Å². The van der Waals surface area contributed by atoms with Gasteiger partial charge in [0, 0.05) is 12.0 Å². The Balaban J connectivity index is 4.54. The smallest absolute Gasteiger partial charge is 0.192 e. The molecular weight excluding hydrogens is 220 g/mol. The van der Waals surface area contributed by atoms with Crippen LogP contribution >= 0.6 is 0 Å². The van der Waals surface area contributed by atoms with Crippen LogP contribution in [0.15, 0.2) is 0 Å². The molecule has 0 aromatic carbocycles. The summed E-state index contributed by atoms with van der Waals surface area (Å²) >= 11 is 0. The molecule has 0 aliphatic rings. The third-order valence-electron chi connectivity index (χ3n) is 3.97. The third-order valence-corrected chi connectivity index (χ3v) is 8.44. The van der Waals surface area contributed by atoms with Crippen molar-refractivity contribution in [2.45, 2.75) is 52.2 Å². The molecule has 0 aliphatic carbocycles. The van der Waals surface area contributed by atoms with Crippen molar-refractivity contribution < 1.29 is 14.6 Å². The van der Waals surface area contributed by atoms with Crippen LogP contribution in [0.1, 0.15) is 34.1 Å². The molecule has 0 atom stereocenters. The monoisotopic (exact) mass is 248 g/mol. The largest absolute Gasteiger partial charge is 0.416 e. The molecule has 0 aromatic heterocycles. The summed E-state index contributed by atoms with van der Waals surface area (Å²) in [6.45, 7) is 13.3. The molecule has 0 rings (SSSR count). The predicted octanol–water partition coefficient (Wildman–Crippen LogP) is 2.39. The SMILES string of the molecule is CCC(CO)(CO)CO[Si](C)(C)C(C)(C)C. The summed E-state index contributed by atoms with van der Waals surface area (Å²) in [6, 6.07) is 0. The molecule has 0 saturated heterocycles. The van der Waals surface area contributed by atoms with Gasteiger partial charge in [0.05, 0.1) is 13.2 Å². The van der Waals surface area contributed by atoms with E-state index in [1.165, 1.54) is 0 Å². The van der Waals surface area contributed by atoms with Gasteiger partial charge in [0.2, 0.25) is 0 Å². The minimum atomic E-state index is -1.79. The highest BCUT2D eigenvalue weighted by Gasteiger charge is 2.39. The van der Waals surface area contributed by atoms with E-state index in [1.54, 1.807) is 0 Å². The van der Waals surface area contributed by atoms with Gasteiger partial charge in [-0.2, -0.15) is 0 Å². The van der Waals surface area contributed by atoms with Gasteiger partial charge >= 0.3 is 0 Å². The third kappa shape index (κ3) is 3.84. The van der Waals surface area contributed by atoms with Gasteiger partial charge in [-0.15, -0.1) is 0 Å². The molecule has 0 aromatic rings. The molecule has 0 bridgehead atoms. The Morgan fingerprint density at radius 2 is 1.50 bits per heavy atom. The van der Waals surface area contributed by atoms with Gasteiger partial charge in [-0.1, -0.05) is 27.7 Å². The summed E-state index contributed by atoms with van der Waals surface area (Å²) in [7, 11) is -1.79. The van der Waals surface area contributed by atoms with E-state index < -0.39 is 13.7 Å². The fraction of sp³-hybridized carbons (Fsp3) is 1.00. The maximum atomic E-state index is 9.35. The van der Waals surface area contributed by atoms with Crippen LogP contribution in [-0.2, 0) is 4.43 Å². The Morgan fingerprint density at radius 3 is 1.75 bits per heavy atom. The Hall–Kier alpha value is 0.0969. The lowest BCUT2D eigenvalue weighted by molar-refractivity contribution is 0.00717. The van der Waals surface area contributed by atoms with Crippen LogP contribution < -0.4 is 0 Å². The first-order chi connectivity index (χ1) is 7.14. The zero-order valence-corrected chi connectivity index (χ0v) is 12.6. The molecule has 16 heavy (non-hydrogen) atoms. The molecule has 4 heteroatoms. The Labute approximate surface area is 101 Å². The van der Waals surface area contributed by atoms with E-state index in [9.17, 15) is 10.2 Å². The van der Waals surface area contributed by atoms with Crippen LogP contribution in [0.25, 0.3) is 0 Å². The molecule has 0 saturated carbocycles. The molecule has 0 fully saturated rings. The van der Waals surface area contributed by atoms with Crippen molar-refractivity contribution in [2.75, 3.05) is 19.8 Å². The van der Waals surface area contributed by atoms with Gasteiger partial charge in [-0.3, -0.25) is 0 Å². The van der Waals surface area contributed by atoms with Crippen molar-refractivity contribution >= 4 is 8.32 Å².